The molecule has 130 valence electrons. The van der Waals surface area contributed by atoms with Gasteiger partial charge in [-0.1, -0.05) is 19.6 Å². The number of ether oxygens (including phenoxy) is 3. The molecule has 0 aromatic heterocycles. The molecule has 5 nitrogen and oxygen atoms in total. The van der Waals surface area contributed by atoms with Gasteiger partial charge in [-0.3, -0.25) is 0 Å². The minimum Gasteiger partial charge on any atom is -0.496 e. The van der Waals surface area contributed by atoms with Gasteiger partial charge in [0.15, 0.2) is 6.29 Å². The third kappa shape index (κ3) is 3.88. The smallest absolute Gasteiger partial charge is 0.185 e. The van der Waals surface area contributed by atoms with Crippen LogP contribution in [0.25, 0.3) is 0 Å². The van der Waals surface area contributed by atoms with Gasteiger partial charge in [0.05, 0.1) is 25.9 Å². The minimum atomic E-state index is -1.22. The van der Waals surface area contributed by atoms with Gasteiger partial charge in [-0.2, -0.15) is 0 Å². The standard InChI is InChI=1S/C17H28O5Si/c1-11-13-10-22-17(19)14(13)16(21-8-9-23(3,4)5)12(6-7-18)15(11)20-2/h17-19H,6-10H2,1-5H3. The first-order valence-electron chi connectivity index (χ1n) is 8.05. The van der Waals surface area contributed by atoms with Crippen LogP contribution in [-0.4, -0.2) is 38.6 Å². The molecular weight excluding hydrogens is 312 g/mol. The van der Waals surface area contributed by atoms with Crippen molar-refractivity contribution in [3.63, 3.8) is 0 Å². The Hall–Kier alpha value is -1.08. The molecule has 1 atom stereocenters. The molecule has 0 aliphatic carbocycles. The molecular formula is C17H28O5Si. The zero-order valence-corrected chi connectivity index (χ0v) is 15.7. The lowest BCUT2D eigenvalue weighted by atomic mass is 9.95. The number of fused-ring (bicyclic) bond motifs is 1. The fourth-order valence-corrected chi connectivity index (χ4v) is 3.61. The van der Waals surface area contributed by atoms with Gasteiger partial charge in [0, 0.05) is 26.7 Å². The maximum Gasteiger partial charge on any atom is 0.185 e. The third-order valence-corrected chi connectivity index (χ3v) is 5.91. The molecule has 1 aromatic rings. The first-order chi connectivity index (χ1) is 10.8. The molecule has 0 amide bonds. The molecule has 2 N–H and O–H groups in total. The summed E-state index contributed by atoms with van der Waals surface area (Å²) in [7, 11) is 0.397. The van der Waals surface area contributed by atoms with Crippen molar-refractivity contribution < 1.29 is 24.4 Å². The second-order valence-corrected chi connectivity index (χ2v) is 12.8. The Bertz CT molecular complexity index is 565. The highest BCUT2D eigenvalue weighted by molar-refractivity contribution is 6.76. The Morgan fingerprint density at radius 3 is 2.52 bits per heavy atom. The fourth-order valence-electron chi connectivity index (χ4n) is 2.90. The van der Waals surface area contributed by atoms with Gasteiger partial charge in [-0.15, -0.1) is 0 Å². The van der Waals surface area contributed by atoms with Gasteiger partial charge in [-0.05, 0) is 24.1 Å². The number of aliphatic hydroxyl groups excluding tert-OH is 2. The van der Waals surface area contributed by atoms with Crippen LogP contribution in [0.5, 0.6) is 11.5 Å². The molecule has 0 saturated carbocycles. The van der Waals surface area contributed by atoms with E-state index in [0.29, 0.717) is 30.9 Å². The van der Waals surface area contributed by atoms with Gasteiger partial charge in [-0.25, -0.2) is 0 Å². The highest BCUT2D eigenvalue weighted by Crippen LogP contribution is 2.46. The summed E-state index contributed by atoms with van der Waals surface area (Å²) in [6, 6.07) is 1.02. The number of benzene rings is 1. The lowest BCUT2D eigenvalue weighted by Crippen LogP contribution is -2.23. The molecule has 1 heterocycles. The minimum absolute atomic E-state index is 0.00405. The largest absolute Gasteiger partial charge is 0.496 e. The Morgan fingerprint density at radius 1 is 1.26 bits per heavy atom. The molecule has 0 radical (unpaired) electrons. The van der Waals surface area contributed by atoms with Crippen LogP contribution in [-0.2, 0) is 17.8 Å². The average Bonchev–Trinajstić information content (AvgIpc) is 2.84. The van der Waals surface area contributed by atoms with Crippen molar-refractivity contribution in [3.05, 3.63) is 22.3 Å². The molecule has 1 aromatic carbocycles. The van der Waals surface area contributed by atoms with Crippen LogP contribution < -0.4 is 9.47 Å². The first kappa shape index (κ1) is 18.3. The van der Waals surface area contributed by atoms with Crippen molar-refractivity contribution in [2.24, 2.45) is 0 Å². The molecule has 6 heteroatoms. The molecule has 1 aliphatic rings. The van der Waals surface area contributed by atoms with Crippen LogP contribution in [0.4, 0.5) is 0 Å². The zero-order chi connectivity index (χ0) is 17.2. The summed E-state index contributed by atoms with van der Waals surface area (Å²) in [5.74, 6) is 1.35. The van der Waals surface area contributed by atoms with Gasteiger partial charge in [0.1, 0.15) is 11.5 Å². The van der Waals surface area contributed by atoms with E-state index in [2.05, 4.69) is 19.6 Å². The molecule has 0 bridgehead atoms. The Balaban J connectivity index is 2.46. The fraction of sp³-hybridized carbons (Fsp3) is 0.647. The molecule has 2 rings (SSSR count). The van der Waals surface area contributed by atoms with E-state index in [-0.39, 0.29) is 6.61 Å². The summed E-state index contributed by atoms with van der Waals surface area (Å²) in [6.07, 6.45) is -0.555. The molecule has 0 saturated heterocycles. The van der Waals surface area contributed by atoms with Crippen LogP contribution in [0.15, 0.2) is 0 Å². The number of hydrogen-bond donors (Lipinski definition) is 2. The van der Waals surface area contributed by atoms with Crippen LogP contribution in [0.3, 0.4) is 0 Å². The molecule has 0 spiro atoms. The van der Waals surface area contributed by atoms with Crippen molar-refractivity contribution in [1.29, 1.82) is 0 Å². The van der Waals surface area contributed by atoms with Crippen LogP contribution in [0.2, 0.25) is 25.7 Å². The van der Waals surface area contributed by atoms with E-state index in [9.17, 15) is 10.2 Å². The molecule has 23 heavy (non-hydrogen) atoms. The maximum atomic E-state index is 10.2. The van der Waals surface area contributed by atoms with E-state index in [1.807, 2.05) is 6.92 Å². The highest BCUT2D eigenvalue weighted by Gasteiger charge is 2.32. The summed E-state index contributed by atoms with van der Waals surface area (Å²) in [5, 5.41) is 19.6. The summed E-state index contributed by atoms with van der Waals surface area (Å²) in [6.45, 7) is 9.78. The van der Waals surface area contributed by atoms with Crippen molar-refractivity contribution in [3.8, 4) is 11.5 Å². The van der Waals surface area contributed by atoms with E-state index in [4.69, 9.17) is 14.2 Å². The van der Waals surface area contributed by atoms with Crippen LogP contribution >= 0.6 is 0 Å². The van der Waals surface area contributed by atoms with Gasteiger partial charge in [0.25, 0.3) is 0 Å². The van der Waals surface area contributed by atoms with E-state index >= 15 is 0 Å². The first-order valence-corrected chi connectivity index (χ1v) is 11.8. The van der Waals surface area contributed by atoms with Crippen molar-refractivity contribution in [2.45, 2.75) is 51.9 Å². The highest BCUT2D eigenvalue weighted by atomic mass is 28.3. The Morgan fingerprint density at radius 2 is 1.96 bits per heavy atom. The second kappa shape index (κ2) is 7.21. The summed E-state index contributed by atoms with van der Waals surface area (Å²) < 4.78 is 17.0. The van der Waals surface area contributed by atoms with Crippen molar-refractivity contribution in [1.82, 2.24) is 0 Å². The van der Waals surface area contributed by atoms with E-state index < -0.39 is 14.4 Å². The lowest BCUT2D eigenvalue weighted by molar-refractivity contribution is -0.0927. The normalized spacial score (nSPS) is 17.3. The second-order valence-electron chi connectivity index (χ2n) is 7.15. The van der Waals surface area contributed by atoms with Crippen molar-refractivity contribution >= 4 is 8.07 Å². The predicted octanol–water partition coefficient (Wildman–Crippen LogP) is 2.78. The summed E-state index contributed by atoms with van der Waals surface area (Å²) in [4.78, 5) is 0. The molecule has 1 aliphatic heterocycles. The van der Waals surface area contributed by atoms with Gasteiger partial charge in [0.2, 0.25) is 0 Å². The van der Waals surface area contributed by atoms with Gasteiger partial charge >= 0.3 is 0 Å². The SMILES string of the molecule is COc1c(C)c2c(c(OCC[Si](C)(C)C)c1CCO)C(O)OC2. The van der Waals surface area contributed by atoms with Crippen LogP contribution in [0.1, 0.15) is 28.5 Å². The Labute approximate surface area is 139 Å². The number of hydrogen-bond acceptors (Lipinski definition) is 5. The maximum absolute atomic E-state index is 10.2. The molecule has 1 unspecified atom stereocenters. The molecule has 0 fully saturated rings. The van der Waals surface area contributed by atoms with Crippen molar-refractivity contribution in [2.75, 3.05) is 20.3 Å². The monoisotopic (exact) mass is 340 g/mol. The van der Waals surface area contributed by atoms with Crippen LogP contribution in [0, 0.1) is 6.92 Å². The number of aliphatic hydroxyl groups is 2. The lowest BCUT2D eigenvalue weighted by Gasteiger charge is -2.23. The average molecular weight is 340 g/mol. The number of rotatable bonds is 7. The number of methoxy groups -OCH3 is 1. The quantitative estimate of drug-likeness (QED) is 0.747. The topological polar surface area (TPSA) is 68.2 Å². The van der Waals surface area contributed by atoms with E-state index in [0.717, 1.165) is 28.5 Å². The Kier molecular flexibility index (Phi) is 5.73. The summed E-state index contributed by atoms with van der Waals surface area (Å²) >= 11 is 0. The summed E-state index contributed by atoms with van der Waals surface area (Å²) in [5.41, 5.74) is 3.38. The van der Waals surface area contributed by atoms with Gasteiger partial charge < -0.3 is 24.4 Å². The van der Waals surface area contributed by atoms with E-state index in [1.54, 1.807) is 7.11 Å². The third-order valence-electron chi connectivity index (χ3n) is 4.21. The van der Waals surface area contributed by atoms with E-state index in [1.165, 1.54) is 0 Å². The predicted molar refractivity (Wildman–Crippen MR) is 91.9 cm³/mol. The zero-order valence-electron chi connectivity index (χ0n) is 14.7.